The minimum atomic E-state index is -0.114. The Labute approximate surface area is 116 Å². The standard InChI is InChI=1S/C16H15N3O/c1-2-11-3-6-14(7-4-11)18-16(20)12-5-8-15-13(9-12)10-17-19-15/h3-10H,2H2,1H3,(H,17,19)(H,18,20). The number of benzene rings is 2. The van der Waals surface area contributed by atoms with Crippen molar-refractivity contribution in [1.82, 2.24) is 10.2 Å². The number of hydrogen-bond donors (Lipinski definition) is 2. The number of carbonyl (C=O) groups excluding carboxylic acids is 1. The van der Waals surface area contributed by atoms with E-state index in [0.717, 1.165) is 23.0 Å². The Morgan fingerprint density at radius 3 is 2.75 bits per heavy atom. The third-order valence-corrected chi connectivity index (χ3v) is 3.32. The number of H-pyrrole nitrogens is 1. The smallest absolute Gasteiger partial charge is 0.255 e. The van der Waals surface area contributed by atoms with Gasteiger partial charge in [0.05, 0.1) is 11.7 Å². The fourth-order valence-electron chi connectivity index (χ4n) is 2.11. The van der Waals surface area contributed by atoms with E-state index in [2.05, 4.69) is 22.4 Å². The zero-order chi connectivity index (χ0) is 13.9. The van der Waals surface area contributed by atoms with E-state index in [1.54, 1.807) is 12.3 Å². The number of anilines is 1. The fourth-order valence-corrected chi connectivity index (χ4v) is 2.11. The molecule has 0 fully saturated rings. The van der Waals surface area contributed by atoms with Crippen LogP contribution in [0.2, 0.25) is 0 Å². The molecule has 0 radical (unpaired) electrons. The lowest BCUT2D eigenvalue weighted by Crippen LogP contribution is -2.11. The van der Waals surface area contributed by atoms with Crippen molar-refractivity contribution >= 4 is 22.5 Å². The molecule has 3 rings (SSSR count). The predicted octanol–water partition coefficient (Wildman–Crippen LogP) is 3.38. The van der Waals surface area contributed by atoms with E-state index in [0.29, 0.717) is 5.56 Å². The molecule has 20 heavy (non-hydrogen) atoms. The molecule has 0 unspecified atom stereocenters. The summed E-state index contributed by atoms with van der Waals surface area (Å²) in [5.41, 5.74) is 3.61. The van der Waals surface area contributed by atoms with Crippen molar-refractivity contribution in [2.75, 3.05) is 5.32 Å². The number of aromatic nitrogens is 2. The number of fused-ring (bicyclic) bond motifs is 1. The van der Waals surface area contributed by atoms with Gasteiger partial charge in [-0.15, -0.1) is 0 Å². The molecule has 0 bridgehead atoms. The third kappa shape index (κ3) is 2.40. The van der Waals surface area contributed by atoms with E-state index in [4.69, 9.17) is 0 Å². The number of rotatable bonds is 3. The number of aryl methyl sites for hydroxylation is 1. The van der Waals surface area contributed by atoms with Crippen LogP contribution in [0.15, 0.2) is 48.7 Å². The highest BCUT2D eigenvalue weighted by Crippen LogP contribution is 2.15. The van der Waals surface area contributed by atoms with Crippen molar-refractivity contribution < 1.29 is 4.79 Å². The summed E-state index contributed by atoms with van der Waals surface area (Å²) in [6.07, 6.45) is 2.70. The summed E-state index contributed by atoms with van der Waals surface area (Å²) >= 11 is 0. The largest absolute Gasteiger partial charge is 0.322 e. The van der Waals surface area contributed by atoms with E-state index < -0.39 is 0 Å². The van der Waals surface area contributed by atoms with Crippen molar-refractivity contribution in [3.05, 3.63) is 59.8 Å². The lowest BCUT2D eigenvalue weighted by atomic mass is 10.1. The highest BCUT2D eigenvalue weighted by Gasteiger charge is 2.07. The molecule has 1 heterocycles. The van der Waals surface area contributed by atoms with E-state index in [-0.39, 0.29) is 5.91 Å². The van der Waals surface area contributed by atoms with Gasteiger partial charge < -0.3 is 5.32 Å². The lowest BCUT2D eigenvalue weighted by Gasteiger charge is -2.06. The highest BCUT2D eigenvalue weighted by molar-refractivity contribution is 6.06. The molecule has 2 N–H and O–H groups in total. The van der Waals surface area contributed by atoms with Crippen LogP contribution in [0.25, 0.3) is 10.9 Å². The van der Waals surface area contributed by atoms with Gasteiger partial charge in [0.15, 0.2) is 0 Å². The first-order chi connectivity index (χ1) is 9.76. The van der Waals surface area contributed by atoms with Gasteiger partial charge in [-0.3, -0.25) is 9.89 Å². The number of amides is 1. The molecule has 1 amide bonds. The fraction of sp³-hybridized carbons (Fsp3) is 0.125. The molecular weight excluding hydrogens is 250 g/mol. The Morgan fingerprint density at radius 2 is 2.00 bits per heavy atom. The lowest BCUT2D eigenvalue weighted by molar-refractivity contribution is 0.102. The van der Waals surface area contributed by atoms with Gasteiger partial charge in [0.1, 0.15) is 0 Å². The van der Waals surface area contributed by atoms with E-state index >= 15 is 0 Å². The Bertz CT molecular complexity index is 744. The van der Waals surface area contributed by atoms with Gasteiger partial charge >= 0.3 is 0 Å². The van der Waals surface area contributed by atoms with Crippen LogP contribution in [0.4, 0.5) is 5.69 Å². The molecule has 0 saturated carbocycles. The van der Waals surface area contributed by atoms with Crippen LogP contribution in [0, 0.1) is 0 Å². The molecule has 3 aromatic rings. The van der Waals surface area contributed by atoms with Crippen molar-refractivity contribution in [2.45, 2.75) is 13.3 Å². The van der Waals surface area contributed by atoms with Crippen LogP contribution < -0.4 is 5.32 Å². The van der Waals surface area contributed by atoms with Gasteiger partial charge in [-0.1, -0.05) is 19.1 Å². The molecule has 0 atom stereocenters. The first-order valence-electron chi connectivity index (χ1n) is 6.59. The summed E-state index contributed by atoms with van der Waals surface area (Å²) in [6.45, 7) is 2.10. The van der Waals surface area contributed by atoms with Gasteiger partial charge in [0.25, 0.3) is 5.91 Å². The molecule has 4 nitrogen and oxygen atoms in total. The predicted molar refractivity (Wildman–Crippen MR) is 79.9 cm³/mol. The summed E-state index contributed by atoms with van der Waals surface area (Å²) in [5, 5.41) is 10.6. The first-order valence-corrected chi connectivity index (χ1v) is 6.59. The van der Waals surface area contributed by atoms with Crippen LogP contribution in [0.1, 0.15) is 22.8 Å². The van der Waals surface area contributed by atoms with Crippen molar-refractivity contribution in [1.29, 1.82) is 0 Å². The molecule has 4 heteroatoms. The molecule has 0 saturated heterocycles. The summed E-state index contributed by atoms with van der Waals surface area (Å²) in [4.78, 5) is 12.2. The SMILES string of the molecule is CCc1ccc(NC(=O)c2ccc3[nH]ncc3c2)cc1. The maximum Gasteiger partial charge on any atom is 0.255 e. The monoisotopic (exact) mass is 265 g/mol. The second-order valence-corrected chi connectivity index (χ2v) is 4.68. The number of nitrogens with zero attached hydrogens (tertiary/aromatic N) is 1. The van der Waals surface area contributed by atoms with Crippen LogP contribution in [-0.2, 0) is 6.42 Å². The molecule has 0 aliphatic rings. The maximum absolute atomic E-state index is 12.2. The Balaban J connectivity index is 1.80. The van der Waals surface area contributed by atoms with Crippen LogP contribution in [0.3, 0.4) is 0 Å². The summed E-state index contributed by atoms with van der Waals surface area (Å²) in [5.74, 6) is -0.114. The number of carbonyl (C=O) groups is 1. The molecule has 0 aliphatic heterocycles. The number of aromatic amines is 1. The molecule has 1 aromatic heterocycles. The minimum Gasteiger partial charge on any atom is -0.322 e. The van der Waals surface area contributed by atoms with E-state index in [1.807, 2.05) is 36.4 Å². The summed E-state index contributed by atoms with van der Waals surface area (Å²) in [7, 11) is 0. The van der Waals surface area contributed by atoms with Gasteiger partial charge in [-0.25, -0.2) is 0 Å². The minimum absolute atomic E-state index is 0.114. The van der Waals surface area contributed by atoms with Crippen molar-refractivity contribution in [3.63, 3.8) is 0 Å². The average molecular weight is 265 g/mol. The van der Waals surface area contributed by atoms with Gasteiger partial charge in [-0.05, 0) is 42.3 Å². The second-order valence-electron chi connectivity index (χ2n) is 4.68. The second kappa shape index (κ2) is 5.17. The maximum atomic E-state index is 12.2. The van der Waals surface area contributed by atoms with Crippen LogP contribution in [0.5, 0.6) is 0 Å². The normalized spacial score (nSPS) is 10.7. The number of hydrogen-bond acceptors (Lipinski definition) is 2. The zero-order valence-electron chi connectivity index (χ0n) is 11.2. The van der Waals surface area contributed by atoms with E-state index in [9.17, 15) is 4.79 Å². The molecular formula is C16H15N3O. The quantitative estimate of drug-likeness (QED) is 0.762. The average Bonchev–Trinajstić information content (AvgIpc) is 2.95. The van der Waals surface area contributed by atoms with Crippen molar-refractivity contribution in [3.8, 4) is 0 Å². The Morgan fingerprint density at radius 1 is 1.20 bits per heavy atom. The van der Waals surface area contributed by atoms with Gasteiger partial charge in [0.2, 0.25) is 0 Å². The Kier molecular flexibility index (Phi) is 3.21. The summed E-state index contributed by atoms with van der Waals surface area (Å²) in [6, 6.07) is 13.4. The topological polar surface area (TPSA) is 57.8 Å². The molecule has 100 valence electrons. The van der Waals surface area contributed by atoms with Gasteiger partial charge in [0, 0.05) is 16.6 Å². The third-order valence-electron chi connectivity index (χ3n) is 3.32. The molecule has 2 aromatic carbocycles. The summed E-state index contributed by atoms with van der Waals surface area (Å²) < 4.78 is 0. The highest BCUT2D eigenvalue weighted by atomic mass is 16.1. The molecule has 0 spiro atoms. The zero-order valence-corrected chi connectivity index (χ0v) is 11.2. The Hall–Kier alpha value is -2.62. The van der Waals surface area contributed by atoms with Crippen LogP contribution in [-0.4, -0.2) is 16.1 Å². The molecule has 0 aliphatic carbocycles. The first kappa shape index (κ1) is 12.4. The number of nitrogens with one attached hydrogen (secondary N) is 2. The van der Waals surface area contributed by atoms with Gasteiger partial charge in [-0.2, -0.15) is 5.10 Å². The van der Waals surface area contributed by atoms with Crippen LogP contribution >= 0.6 is 0 Å². The van der Waals surface area contributed by atoms with E-state index in [1.165, 1.54) is 5.56 Å². The van der Waals surface area contributed by atoms with Crippen molar-refractivity contribution in [2.24, 2.45) is 0 Å².